The third-order valence-corrected chi connectivity index (χ3v) is 6.67. The van der Waals surface area contributed by atoms with Gasteiger partial charge in [-0.3, -0.25) is 14.5 Å². The first-order chi connectivity index (χ1) is 15.3. The number of carbonyl (C=O) groups excluding carboxylic acids is 3. The quantitative estimate of drug-likeness (QED) is 0.549. The zero-order valence-corrected chi connectivity index (χ0v) is 18.9. The van der Waals surface area contributed by atoms with E-state index in [-0.39, 0.29) is 12.5 Å². The van der Waals surface area contributed by atoms with Crippen molar-refractivity contribution in [2.75, 3.05) is 11.9 Å². The van der Waals surface area contributed by atoms with Gasteiger partial charge in [-0.1, -0.05) is 74.5 Å². The van der Waals surface area contributed by atoms with Crippen molar-refractivity contribution in [1.82, 2.24) is 15.2 Å². The SMILES string of the molecule is CC(C)c1sc(NC(=O)CN2C(=O)NC(C)(c3ccccc3)C2=O)nc1-c1ccccc1. The maximum atomic E-state index is 13.0. The average molecular weight is 449 g/mol. The summed E-state index contributed by atoms with van der Waals surface area (Å²) in [6.07, 6.45) is 0. The molecule has 4 amide bonds. The van der Waals surface area contributed by atoms with E-state index >= 15 is 0 Å². The summed E-state index contributed by atoms with van der Waals surface area (Å²) in [6.45, 7) is 5.40. The number of anilines is 1. The Morgan fingerprint density at radius 3 is 2.34 bits per heavy atom. The molecule has 0 aliphatic carbocycles. The van der Waals surface area contributed by atoms with Crippen LogP contribution in [-0.2, 0) is 15.1 Å². The van der Waals surface area contributed by atoms with E-state index in [4.69, 9.17) is 0 Å². The average Bonchev–Trinajstić information content (AvgIpc) is 3.30. The molecule has 1 fully saturated rings. The number of nitrogens with one attached hydrogen (secondary N) is 2. The van der Waals surface area contributed by atoms with Gasteiger partial charge in [-0.25, -0.2) is 9.78 Å². The van der Waals surface area contributed by atoms with Crippen LogP contribution in [0.25, 0.3) is 11.3 Å². The second-order valence-corrected chi connectivity index (χ2v) is 9.14. The van der Waals surface area contributed by atoms with Crippen molar-refractivity contribution >= 4 is 34.3 Å². The summed E-state index contributed by atoms with van der Waals surface area (Å²) < 4.78 is 0. The van der Waals surface area contributed by atoms with E-state index in [1.165, 1.54) is 11.3 Å². The monoisotopic (exact) mass is 448 g/mol. The topological polar surface area (TPSA) is 91.4 Å². The van der Waals surface area contributed by atoms with Crippen molar-refractivity contribution in [2.45, 2.75) is 32.2 Å². The standard InChI is InChI=1S/C24H24N4O3S/c1-15(2)20-19(16-10-6-4-7-11-16)26-22(32-20)25-18(29)14-28-21(30)24(3,27-23(28)31)17-12-8-5-9-13-17/h4-13,15H,14H2,1-3H3,(H,27,31)(H,25,26,29). The van der Waals surface area contributed by atoms with Gasteiger partial charge in [-0.15, -0.1) is 11.3 Å². The van der Waals surface area contributed by atoms with Gasteiger partial charge in [0, 0.05) is 10.4 Å². The fraction of sp³-hybridized carbons (Fsp3) is 0.250. The number of hydrogen-bond donors (Lipinski definition) is 2. The second kappa shape index (κ2) is 8.55. The number of imide groups is 1. The van der Waals surface area contributed by atoms with Crippen LogP contribution in [0.15, 0.2) is 60.7 Å². The van der Waals surface area contributed by atoms with Gasteiger partial charge in [0.05, 0.1) is 5.69 Å². The number of rotatable bonds is 6. The summed E-state index contributed by atoms with van der Waals surface area (Å²) in [5.41, 5.74) is 1.26. The lowest BCUT2D eigenvalue weighted by Gasteiger charge is -2.21. The zero-order chi connectivity index (χ0) is 22.9. The second-order valence-electron chi connectivity index (χ2n) is 8.11. The van der Waals surface area contributed by atoms with E-state index in [1.54, 1.807) is 31.2 Å². The van der Waals surface area contributed by atoms with E-state index in [0.29, 0.717) is 10.7 Å². The first-order valence-electron chi connectivity index (χ1n) is 10.3. The van der Waals surface area contributed by atoms with E-state index in [1.807, 2.05) is 36.4 Å². The minimum atomic E-state index is -1.20. The Kier molecular flexibility index (Phi) is 5.80. The highest BCUT2D eigenvalue weighted by atomic mass is 32.1. The minimum absolute atomic E-state index is 0.228. The number of urea groups is 1. The van der Waals surface area contributed by atoms with Crippen LogP contribution < -0.4 is 10.6 Å². The van der Waals surface area contributed by atoms with Gasteiger partial charge in [0.1, 0.15) is 12.1 Å². The van der Waals surface area contributed by atoms with Crippen LogP contribution in [-0.4, -0.2) is 34.3 Å². The molecule has 1 aliphatic rings. The molecule has 1 aliphatic heterocycles. The molecule has 3 aromatic rings. The molecule has 164 valence electrons. The number of amides is 4. The Morgan fingerprint density at radius 2 is 1.72 bits per heavy atom. The van der Waals surface area contributed by atoms with Gasteiger partial charge in [0.15, 0.2) is 5.13 Å². The van der Waals surface area contributed by atoms with Gasteiger partial charge in [0.2, 0.25) is 5.91 Å². The predicted molar refractivity (Wildman–Crippen MR) is 124 cm³/mol. The van der Waals surface area contributed by atoms with Crippen molar-refractivity contribution in [3.05, 3.63) is 71.1 Å². The molecule has 0 bridgehead atoms. The molecule has 1 unspecified atom stereocenters. The molecule has 0 spiro atoms. The van der Waals surface area contributed by atoms with Gasteiger partial charge in [-0.2, -0.15) is 0 Å². The van der Waals surface area contributed by atoms with Crippen LogP contribution in [0.5, 0.6) is 0 Å². The summed E-state index contributed by atoms with van der Waals surface area (Å²) >= 11 is 1.40. The Bertz CT molecular complexity index is 1160. The first kappa shape index (κ1) is 21.7. The van der Waals surface area contributed by atoms with Gasteiger partial charge in [-0.05, 0) is 18.4 Å². The van der Waals surface area contributed by atoms with Crippen LogP contribution in [0.2, 0.25) is 0 Å². The molecule has 32 heavy (non-hydrogen) atoms. The number of nitrogens with zero attached hydrogens (tertiary/aromatic N) is 2. The smallest absolute Gasteiger partial charge is 0.319 e. The molecule has 1 aromatic heterocycles. The lowest BCUT2D eigenvalue weighted by atomic mass is 9.92. The summed E-state index contributed by atoms with van der Waals surface area (Å²) in [5, 5.41) is 5.91. The molecule has 2 N–H and O–H groups in total. The number of benzene rings is 2. The van der Waals surface area contributed by atoms with Crippen LogP contribution in [0.3, 0.4) is 0 Å². The molecule has 4 rings (SSSR count). The third kappa shape index (κ3) is 4.01. The van der Waals surface area contributed by atoms with E-state index in [9.17, 15) is 14.4 Å². The largest absolute Gasteiger partial charge is 0.325 e. The highest BCUT2D eigenvalue weighted by Gasteiger charge is 2.49. The molecule has 2 heterocycles. The number of hydrogen-bond acceptors (Lipinski definition) is 5. The van der Waals surface area contributed by atoms with Crippen molar-refractivity contribution in [3.8, 4) is 11.3 Å². The van der Waals surface area contributed by atoms with Crippen LogP contribution >= 0.6 is 11.3 Å². The minimum Gasteiger partial charge on any atom is -0.319 e. The molecule has 8 heteroatoms. The van der Waals surface area contributed by atoms with E-state index in [0.717, 1.165) is 21.0 Å². The lowest BCUT2D eigenvalue weighted by Crippen LogP contribution is -2.42. The Hall–Kier alpha value is -3.52. The van der Waals surface area contributed by atoms with Crippen molar-refractivity contribution in [3.63, 3.8) is 0 Å². The van der Waals surface area contributed by atoms with Gasteiger partial charge < -0.3 is 10.6 Å². The molecule has 0 saturated carbocycles. The molecule has 2 aromatic carbocycles. The predicted octanol–water partition coefficient (Wildman–Crippen LogP) is 4.34. The summed E-state index contributed by atoms with van der Waals surface area (Å²) in [5.74, 6) is -0.712. The molecular weight excluding hydrogens is 424 g/mol. The summed E-state index contributed by atoms with van der Waals surface area (Å²) in [4.78, 5) is 44.8. The van der Waals surface area contributed by atoms with Crippen LogP contribution in [0.1, 0.15) is 37.1 Å². The number of aromatic nitrogens is 1. The number of thiazole rings is 1. The fourth-order valence-corrected chi connectivity index (χ4v) is 4.70. The molecular formula is C24H24N4O3S. The maximum Gasteiger partial charge on any atom is 0.325 e. The normalized spacial score (nSPS) is 18.2. The van der Waals surface area contributed by atoms with Crippen molar-refractivity contribution in [1.29, 1.82) is 0 Å². The van der Waals surface area contributed by atoms with E-state index < -0.39 is 23.4 Å². The van der Waals surface area contributed by atoms with Crippen molar-refractivity contribution in [2.24, 2.45) is 0 Å². The maximum absolute atomic E-state index is 13.0. The molecule has 1 atom stereocenters. The first-order valence-corrected chi connectivity index (χ1v) is 11.2. The Morgan fingerprint density at radius 1 is 1.09 bits per heavy atom. The zero-order valence-electron chi connectivity index (χ0n) is 18.1. The highest BCUT2D eigenvalue weighted by molar-refractivity contribution is 7.16. The molecule has 0 radical (unpaired) electrons. The summed E-state index contributed by atoms with van der Waals surface area (Å²) in [6, 6.07) is 18.2. The van der Waals surface area contributed by atoms with Gasteiger partial charge in [0.25, 0.3) is 5.91 Å². The fourth-order valence-electron chi connectivity index (χ4n) is 3.69. The summed E-state index contributed by atoms with van der Waals surface area (Å²) in [7, 11) is 0. The van der Waals surface area contributed by atoms with Crippen molar-refractivity contribution < 1.29 is 14.4 Å². The van der Waals surface area contributed by atoms with E-state index in [2.05, 4.69) is 29.5 Å². The molecule has 7 nitrogen and oxygen atoms in total. The Labute approximate surface area is 190 Å². The highest BCUT2D eigenvalue weighted by Crippen LogP contribution is 2.36. The van der Waals surface area contributed by atoms with Gasteiger partial charge >= 0.3 is 6.03 Å². The number of carbonyl (C=O) groups is 3. The third-order valence-electron chi connectivity index (χ3n) is 5.40. The van der Waals surface area contributed by atoms with Crippen LogP contribution in [0, 0.1) is 0 Å². The Balaban J connectivity index is 1.51. The molecule has 1 saturated heterocycles. The lowest BCUT2D eigenvalue weighted by molar-refractivity contribution is -0.133. The van der Waals surface area contributed by atoms with Crippen LogP contribution in [0.4, 0.5) is 9.93 Å².